The fourth-order valence-electron chi connectivity index (χ4n) is 1.89. The molecule has 17 heavy (non-hydrogen) atoms. The minimum absolute atomic E-state index is 0.155. The lowest BCUT2D eigenvalue weighted by Gasteiger charge is -2.21. The van der Waals surface area contributed by atoms with E-state index < -0.39 is 0 Å². The fraction of sp³-hybridized carbons (Fsp3) is 0.429. The second-order valence-corrected chi connectivity index (χ2v) is 6.68. The Morgan fingerprint density at radius 2 is 2.06 bits per heavy atom. The van der Waals surface area contributed by atoms with Crippen molar-refractivity contribution >= 4 is 17.4 Å². The van der Waals surface area contributed by atoms with Gasteiger partial charge in [-0.25, -0.2) is 0 Å². The maximum Gasteiger partial charge on any atom is 0.0594 e. The van der Waals surface area contributed by atoms with Gasteiger partial charge in [-0.1, -0.05) is 24.3 Å². The van der Waals surface area contributed by atoms with Gasteiger partial charge in [0.25, 0.3) is 0 Å². The smallest absolute Gasteiger partial charge is 0.0594 e. The van der Waals surface area contributed by atoms with Crippen molar-refractivity contribution in [3.8, 4) is 0 Å². The van der Waals surface area contributed by atoms with E-state index in [0.717, 1.165) is 17.1 Å². The molecule has 0 aliphatic carbocycles. The predicted octanol–water partition coefficient (Wildman–Crippen LogP) is 3.36. The number of aryl methyl sites for hydroxylation is 1. The van der Waals surface area contributed by atoms with Crippen LogP contribution < -0.4 is 10.6 Å². The van der Waals surface area contributed by atoms with Crippen LogP contribution in [0, 0.1) is 6.92 Å². The van der Waals surface area contributed by atoms with Crippen molar-refractivity contribution in [1.29, 1.82) is 0 Å². The summed E-state index contributed by atoms with van der Waals surface area (Å²) < 4.78 is 0. The van der Waals surface area contributed by atoms with Crippen LogP contribution in [0.2, 0.25) is 0 Å². The lowest BCUT2D eigenvalue weighted by Crippen LogP contribution is -2.38. The highest BCUT2D eigenvalue weighted by atomic mass is 32.2. The Hall–Kier alpha value is -0.930. The van der Waals surface area contributed by atoms with Crippen molar-refractivity contribution in [3.05, 3.63) is 42.1 Å². The zero-order valence-electron chi connectivity index (χ0n) is 10.7. The molecule has 1 aromatic carbocycles. The van der Waals surface area contributed by atoms with Crippen LogP contribution in [-0.4, -0.2) is 16.7 Å². The van der Waals surface area contributed by atoms with Crippen LogP contribution in [0.4, 0.5) is 5.69 Å². The molecule has 0 radical (unpaired) electrons. The number of hydrogen-bond donors (Lipinski definition) is 2. The van der Waals surface area contributed by atoms with Gasteiger partial charge in [0.1, 0.15) is 0 Å². The van der Waals surface area contributed by atoms with Gasteiger partial charge in [0.15, 0.2) is 0 Å². The molecule has 3 heteroatoms. The van der Waals surface area contributed by atoms with Crippen molar-refractivity contribution < 1.29 is 0 Å². The lowest BCUT2D eigenvalue weighted by atomic mass is 10.2. The molecular formula is C14H20N2S. The molecule has 1 aliphatic heterocycles. The molecule has 0 unspecified atom stereocenters. The van der Waals surface area contributed by atoms with Gasteiger partial charge in [-0.15, -0.1) is 11.8 Å². The molecule has 92 valence electrons. The second kappa shape index (κ2) is 4.75. The summed E-state index contributed by atoms with van der Waals surface area (Å²) in [7, 11) is 0. The van der Waals surface area contributed by atoms with Gasteiger partial charge in [0.2, 0.25) is 0 Å². The topological polar surface area (TPSA) is 24.1 Å². The summed E-state index contributed by atoms with van der Waals surface area (Å²) in [6.45, 7) is 10.6. The summed E-state index contributed by atoms with van der Waals surface area (Å²) >= 11 is 1.94. The molecule has 0 saturated carbocycles. The van der Waals surface area contributed by atoms with E-state index in [-0.39, 0.29) is 4.87 Å². The van der Waals surface area contributed by atoms with E-state index in [9.17, 15) is 0 Å². The minimum Gasteiger partial charge on any atom is -0.358 e. The molecule has 1 aromatic rings. The van der Waals surface area contributed by atoms with E-state index in [1.807, 2.05) is 11.8 Å². The van der Waals surface area contributed by atoms with Crippen LogP contribution in [-0.2, 0) is 0 Å². The maximum atomic E-state index is 4.13. The number of anilines is 1. The molecule has 2 rings (SSSR count). The Labute approximate surface area is 108 Å². The molecular weight excluding hydrogens is 228 g/mol. The molecule has 1 fully saturated rings. The number of hydrogen-bond acceptors (Lipinski definition) is 3. The van der Waals surface area contributed by atoms with Crippen molar-refractivity contribution in [1.82, 2.24) is 5.32 Å². The number of rotatable bonds is 3. The van der Waals surface area contributed by atoms with Gasteiger partial charge in [-0.3, -0.25) is 5.32 Å². The summed E-state index contributed by atoms with van der Waals surface area (Å²) in [5, 5.41) is 6.94. The van der Waals surface area contributed by atoms with E-state index in [2.05, 4.69) is 62.2 Å². The normalized spacial score (nSPS) is 22.4. The van der Waals surface area contributed by atoms with Gasteiger partial charge in [0, 0.05) is 17.1 Å². The average Bonchev–Trinajstić information content (AvgIpc) is 2.62. The average molecular weight is 248 g/mol. The molecule has 0 spiro atoms. The summed E-state index contributed by atoms with van der Waals surface area (Å²) in [5.41, 5.74) is 3.43. The zero-order valence-corrected chi connectivity index (χ0v) is 11.5. The molecule has 0 bridgehead atoms. The lowest BCUT2D eigenvalue weighted by molar-refractivity contribution is 0.532. The van der Waals surface area contributed by atoms with Crippen LogP contribution in [0.1, 0.15) is 19.4 Å². The summed E-state index contributed by atoms with van der Waals surface area (Å²) in [5.74, 6) is 1.07. The largest absolute Gasteiger partial charge is 0.358 e. The van der Waals surface area contributed by atoms with Gasteiger partial charge >= 0.3 is 0 Å². The first-order valence-electron chi connectivity index (χ1n) is 5.90. The number of benzene rings is 1. The van der Waals surface area contributed by atoms with Crippen molar-refractivity contribution in [2.75, 3.05) is 11.1 Å². The van der Waals surface area contributed by atoms with Crippen LogP contribution in [0.3, 0.4) is 0 Å². The van der Waals surface area contributed by atoms with Gasteiger partial charge in [-0.2, -0.15) is 0 Å². The zero-order chi connectivity index (χ0) is 12.5. The first-order valence-corrected chi connectivity index (χ1v) is 6.89. The molecule has 1 atom stereocenters. The van der Waals surface area contributed by atoms with Crippen LogP contribution in [0.25, 0.3) is 0 Å². The first-order chi connectivity index (χ1) is 7.96. The van der Waals surface area contributed by atoms with Crippen LogP contribution in [0.15, 0.2) is 36.5 Å². The maximum absolute atomic E-state index is 4.13. The van der Waals surface area contributed by atoms with Crippen molar-refractivity contribution in [2.45, 2.75) is 31.7 Å². The first kappa shape index (κ1) is 12.5. The van der Waals surface area contributed by atoms with Crippen molar-refractivity contribution in [2.24, 2.45) is 0 Å². The molecule has 2 N–H and O–H groups in total. The van der Waals surface area contributed by atoms with E-state index in [1.165, 1.54) is 5.56 Å². The van der Waals surface area contributed by atoms with Gasteiger partial charge < -0.3 is 5.32 Å². The second-order valence-electron chi connectivity index (χ2n) is 5.03. The Morgan fingerprint density at radius 3 is 2.59 bits per heavy atom. The number of nitrogens with one attached hydrogen (secondary N) is 2. The van der Waals surface area contributed by atoms with E-state index in [0.29, 0.717) is 6.04 Å². The highest BCUT2D eigenvalue weighted by Gasteiger charge is 2.31. The van der Waals surface area contributed by atoms with Crippen molar-refractivity contribution in [3.63, 3.8) is 0 Å². The SMILES string of the molecule is C=C(Nc1ccc(C)cc1)[C@@H]1CSC(C)(C)N1. The Kier molecular flexibility index (Phi) is 3.50. The Morgan fingerprint density at radius 1 is 1.41 bits per heavy atom. The molecule has 1 heterocycles. The fourth-order valence-corrected chi connectivity index (χ4v) is 2.99. The Balaban J connectivity index is 1.96. The highest BCUT2D eigenvalue weighted by Crippen LogP contribution is 2.31. The van der Waals surface area contributed by atoms with Crippen LogP contribution >= 0.6 is 11.8 Å². The van der Waals surface area contributed by atoms with E-state index in [1.54, 1.807) is 0 Å². The quantitative estimate of drug-likeness (QED) is 0.857. The van der Waals surface area contributed by atoms with Crippen LogP contribution in [0.5, 0.6) is 0 Å². The van der Waals surface area contributed by atoms with E-state index in [4.69, 9.17) is 0 Å². The molecule has 1 saturated heterocycles. The summed E-state index contributed by atoms with van der Waals surface area (Å²) in [6, 6.07) is 8.74. The predicted molar refractivity (Wildman–Crippen MR) is 77.4 cm³/mol. The third kappa shape index (κ3) is 3.27. The molecule has 0 aromatic heterocycles. The third-order valence-corrected chi connectivity index (χ3v) is 4.25. The molecule has 0 amide bonds. The summed E-state index contributed by atoms with van der Waals surface area (Å²) in [4.78, 5) is 0.155. The summed E-state index contributed by atoms with van der Waals surface area (Å²) in [6.07, 6.45) is 0. The standard InChI is InChI=1S/C14H20N2S/c1-10-5-7-12(8-6-10)15-11(2)13-9-17-14(3,4)16-13/h5-8,13,15-16H,2,9H2,1,3-4H3/t13-/m0/s1. The van der Waals surface area contributed by atoms with E-state index >= 15 is 0 Å². The number of thioether (sulfide) groups is 1. The third-order valence-electron chi connectivity index (χ3n) is 2.91. The van der Waals surface area contributed by atoms with Gasteiger partial charge in [0.05, 0.1) is 10.9 Å². The van der Waals surface area contributed by atoms with Gasteiger partial charge in [-0.05, 0) is 32.9 Å². The highest BCUT2D eigenvalue weighted by molar-refractivity contribution is 8.00. The molecule has 1 aliphatic rings. The molecule has 2 nitrogen and oxygen atoms in total. The minimum atomic E-state index is 0.155. The monoisotopic (exact) mass is 248 g/mol. The Bertz CT molecular complexity index is 409.